The van der Waals surface area contributed by atoms with Crippen molar-refractivity contribution in [3.05, 3.63) is 12.7 Å². The van der Waals surface area contributed by atoms with E-state index in [4.69, 9.17) is 20.9 Å². The van der Waals surface area contributed by atoms with Gasteiger partial charge < -0.3 is 9.05 Å². The predicted molar refractivity (Wildman–Crippen MR) is 116 cm³/mol. The van der Waals surface area contributed by atoms with Crippen LogP contribution in [0.4, 0.5) is 0 Å². The fourth-order valence-corrected chi connectivity index (χ4v) is 6.78. The van der Waals surface area contributed by atoms with Crippen LogP contribution < -0.4 is 0 Å². The molecule has 1 atom stereocenters. The minimum atomic E-state index is -2.18. The maximum absolute atomic E-state index is 6.00. The quantitative estimate of drug-likeness (QED) is 0.126. The zero-order valence-corrected chi connectivity index (χ0v) is 18.5. The van der Waals surface area contributed by atoms with Crippen molar-refractivity contribution < 1.29 is 9.05 Å². The van der Waals surface area contributed by atoms with Gasteiger partial charge in [-0.15, -0.1) is 6.58 Å². The number of unbranched alkanes of at least 4 members (excludes halogenated alkanes) is 10. The van der Waals surface area contributed by atoms with Crippen LogP contribution >= 0.6 is 17.1 Å². The van der Waals surface area contributed by atoms with Gasteiger partial charge in [0.1, 0.15) is 0 Å². The summed E-state index contributed by atoms with van der Waals surface area (Å²) in [5.41, 5.74) is -2.18. The molecule has 0 radical (unpaired) electrons. The SMILES string of the molecule is C=CCOP(=S)(OCCCCCCCC)SCCCCCCCC. The molecule has 0 aromatic heterocycles. The Morgan fingerprint density at radius 2 is 1.38 bits per heavy atom. The summed E-state index contributed by atoms with van der Waals surface area (Å²) < 4.78 is 11.8. The summed E-state index contributed by atoms with van der Waals surface area (Å²) in [5.74, 6) is 1.05. The molecule has 0 N–H and O–H groups in total. The van der Waals surface area contributed by atoms with Gasteiger partial charge in [0.05, 0.1) is 13.2 Å². The molecule has 24 heavy (non-hydrogen) atoms. The Bertz CT molecular complexity index is 302. The molecule has 0 aliphatic carbocycles. The molecule has 0 aliphatic rings. The van der Waals surface area contributed by atoms with E-state index in [2.05, 4.69) is 20.4 Å². The maximum Gasteiger partial charge on any atom is 0.247 e. The van der Waals surface area contributed by atoms with Crippen LogP contribution in [0.25, 0.3) is 0 Å². The van der Waals surface area contributed by atoms with Crippen LogP contribution in [0, 0.1) is 0 Å². The molecule has 0 fully saturated rings. The van der Waals surface area contributed by atoms with Gasteiger partial charge in [0, 0.05) is 5.75 Å². The molecule has 0 spiro atoms. The summed E-state index contributed by atoms with van der Waals surface area (Å²) in [5, 5.41) is 0. The molecule has 0 amide bonds. The first kappa shape index (κ1) is 24.7. The summed E-state index contributed by atoms with van der Waals surface area (Å²) in [6.45, 7) is 9.46. The highest BCUT2D eigenvalue weighted by Crippen LogP contribution is 2.61. The third-order valence-electron chi connectivity index (χ3n) is 3.85. The van der Waals surface area contributed by atoms with Crippen molar-refractivity contribution in [1.82, 2.24) is 0 Å². The fourth-order valence-electron chi connectivity index (χ4n) is 2.37. The minimum Gasteiger partial charge on any atom is -0.322 e. The van der Waals surface area contributed by atoms with E-state index in [1.807, 2.05) is 0 Å². The van der Waals surface area contributed by atoms with Crippen LogP contribution in [-0.2, 0) is 20.9 Å². The van der Waals surface area contributed by atoms with Crippen molar-refractivity contribution in [3.63, 3.8) is 0 Å². The average Bonchev–Trinajstić information content (AvgIpc) is 2.58. The normalized spacial score (nSPS) is 13.8. The van der Waals surface area contributed by atoms with Crippen LogP contribution in [0.2, 0.25) is 0 Å². The molecule has 2 nitrogen and oxygen atoms in total. The van der Waals surface area contributed by atoms with E-state index in [0.29, 0.717) is 6.61 Å². The Morgan fingerprint density at radius 3 is 1.96 bits per heavy atom. The van der Waals surface area contributed by atoms with Gasteiger partial charge in [0.2, 0.25) is 5.69 Å². The van der Waals surface area contributed by atoms with Crippen LogP contribution in [0.5, 0.6) is 0 Å². The van der Waals surface area contributed by atoms with E-state index in [-0.39, 0.29) is 0 Å². The third-order valence-corrected chi connectivity index (χ3v) is 9.31. The number of hydrogen-bond donors (Lipinski definition) is 0. The number of rotatable bonds is 19. The van der Waals surface area contributed by atoms with Gasteiger partial charge in [-0.2, -0.15) is 0 Å². The lowest BCUT2D eigenvalue weighted by atomic mass is 10.1. The highest BCUT2D eigenvalue weighted by atomic mass is 32.9. The second-order valence-corrected chi connectivity index (χ2v) is 12.7. The van der Waals surface area contributed by atoms with E-state index >= 15 is 0 Å². The molecule has 0 rings (SSSR count). The van der Waals surface area contributed by atoms with Crippen LogP contribution in [0.1, 0.15) is 90.9 Å². The minimum absolute atomic E-state index is 0.497. The first-order valence-electron chi connectivity index (χ1n) is 9.83. The van der Waals surface area contributed by atoms with Crippen molar-refractivity contribution in [2.75, 3.05) is 19.0 Å². The van der Waals surface area contributed by atoms with Gasteiger partial charge in [-0.25, -0.2) is 0 Å². The van der Waals surface area contributed by atoms with Gasteiger partial charge in [-0.1, -0.05) is 95.5 Å². The molecule has 0 saturated carbocycles. The van der Waals surface area contributed by atoms with Gasteiger partial charge in [-0.05, 0) is 24.6 Å². The van der Waals surface area contributed by atoms with E-state index in [1.165, 1.54) is 70.6 Å². The smallest absolute Gasteiger partial charge is 0.247 e. The van der Waals surface area contributed by atoms with Gasteiger partial charge in [0.25, 0.3) is 0 Å². The topological polar surface area (TPSA) is 18.5 Å². The molecule has 0 bridgehead atoms. The predicted octanol–water partition coefficient (Wildman–Crippen LogP) is 7.88. The van der Waals surface area contributed by atoms with Crippen LogP contribution in [-0.4, -0.2) is 19.0 Å². The van der Waals surface area contributed by atoms with Gasteiger partial charge >= 0.3 is 0 Å². The zero-order chi connectivity index (χ0) is 17.9. The van der Waals surface area contributed by atoms with E-state index in [1.54, 1.807) is 17.5 Å². The second-order valence-electron chi connectivity index (χ2n) is 6.23. The molecule has 0 aliphatic heterocycles. The highest BCUT2D eigenvalue weighted by Gasteiger charge is 2.19. The molecular weight excluding hydrogens is 355 g/mol. The first-order chi connectivity index (χ1) is 11.7. The first-order valence-corrected chi connectivity index (χ1v) is 14.1. The van der Waals surface area contributed by atoms with Crippen molar-refractivity contribution in [3.8, 4) is 0 Å². The molecule has 144 valence electrons. The monoisotopic (exact) mass is 394 g/mol. The molecule has 1 unspecified atom stereocenters. The summed E-state index contributed by atoms with van der Waals surface area (Å²) >= 11 is 7.42. The zero-order valence-electron chi connectivity index (χ0n) is 16.0. The fraction of sp³-hybridized carbons (Fsp3) is 0.895. The standard InChI is InChI=1S/C19H39O2PS2/c1-4-7-9-11-13-15-18-21-22(23,20-17-6-3)24-19-16-14-12-10-8-5-2/h6H,3-5,7-19H2,1-2H3. The maximum atomic E-state index is 6.00. The van der Waals surface area contributed by atoms with E-state index < -0.39 is 5.69 Å². The van der Waals surface area contributed by atoms with Crippen LogP contribution in [0.15, 0.2) is 12.7 Å². The Labute approximate surface area is 160 Å². The Balaban J connectivity index is 3.86. The highest BCUT2D eigenvalue weighted by molar-refractivity contribution is 8.67. The second kappa shape index (κ2) is 18.5. The Kier molecular flexibility index (Phi) is 19.0. The van der Waals surface area contributed by atoms with Gasteiger partial charge in [-0.3, -0.25) is 0 Å². The summed E-state index contributed by atoms with van der Waals surface area (Å²) in [6.07, 6.45) is 17.2. The lowest BCUT2D eigenvalue weighted by Gasteiger charge is -2.21. The number of hydrogen-bond acceptors (Lipinski definition) is 4. The van der Waals surface area contributed by atoms with Crippen molar-refractivity contribution in [2.45, 2.75) is 90.9 Å². The molecule has 5 heteroatoms. The third kappa shape index (κ3) is 16.1. The largest absolute Gasteiger partial charge is 0.322 e. The van der Waals surface area contributed by atoms with E-state index in [0.717, 1.165) is 18.8 Å². The van der Waals surface area contributed by atoms with Crippen molar-refractivity contribution in [2.24, 2.45) is 0 Å². The van der Waals surface area contributed by atoms with Gasteiger partial charge in [0.15, 0.2) is 0 Å². The Morgan fingerprint density at radius 1 is 0.833 bits per heavy atom. The lowest BCUT2D eigenvalue weighted by molar-refractivity contribution is 0.271. The molecule has 0 heterocycles. The van der Waals surface area contributed by atoms with Crippen LogP contribution in [0.3, 0.4) is 0 Å². The molecular formula is C19H39O2PS2. The van der Waals surface area contributed by atoms with E-state index in [9.17, 15) is 0 Å². The lowest BCUT2D eigenvalue weighted by Crippen LogP contribution is -1.97. The summed E-state index contributed by atoms with van der Waals surface area (Å²) in [7, 11) is 0. The molecule has 0 saturated heterocycles. The summed E-state index contributed by atoms with van der Waals surface area (Å²) in [4.78, 5) is 0. The van der Waals surface area contributed by atoms with Crippen molar-refractivity contribution in [1.29, 1.82) is 0 Å². The molecule has 0 aromatic rings. The Hall–Kier alpha value is 0.660. The van der Waals surface area contributed by atoms with Crippen molar-refractivity contribution >= 4 is 28.9 Å². The summed E-state index contributed by atoms with van der Waals surface area (Å²) in [6, 6.07) is 0. The average molecular weight is 395 g/mol. The molecule has 0 aromatic carbocycles.